The van der Waals surface area contributed by atoms with Crippen molar-refractivity contribution in [2.45, 2.75) is 12.1 Å². The standard InChI is InChI=1S/C11H18N4O3S/c1-15-2-3-18-7(5-15)4-13-11-14-8(6-19-11)9(12)10(16)17/h6-7,9H,2-5,12H2,1H3,(H,13,14)(H,16,17). The van der Waals surface area contributed by atoms with Crippen LogP contribution in [-0.2, 0) is 9.53 Å². The van der Waals surface area contributed by atoms with Crippen molar-refractivity contribution in [1.82, 2.24) is 9.88 Å². The van der Waals surface area contributed by atoms with Crippen molar-refractivity contribution >= 4 is 22.4 Å². The first-order valence-electron chi connectivity index (χ1n) is 6.04. The van der Waals surface area contributed by atoms with Crippen molar-refractivity contribution in [3.05, 3.63) is 11.1 Å². The van der Waals surface area contributed by atoms with Gasteiger partial charge in [0.1, 0.15) is 6.04 Å². The highest BCUT2D eigenvalue weighted by atomic mass is 32.1. The van der Waals surface area contributed by atoms with Gasteiger partial charge in [-0.3, -0.25) is 4.79 Å². The molecule has 1 aromatic rings. The van der Waals surface area contributed by atoms with E-state index in [9.17, 15) is 4.79 Å². The van der Waals surface area contributed by atoms with Crippen molar-refractivity contribution < 1.29 is 14.6 Å². The Morgan fingerprint density at radius 2 is 2.63 bits per heavy atom. The summed E-state index contributed by atoms with van der Waals surface area (Å²) >= 11 is 1.35. The Balaban J connectivity index is 1.84. The van der Waals surface area contributed by atoms with Crippen LogP contribution in [0.2, 0.25) is 0 Å². The molecule has 1 aliphatic rings. The van der Waals surface area contributed by atoms with Crippen LogP contribution in [0.3, 0.4) is 0 Å². The number of nitrogens with two attached hydrogens (primary N) is 1. The summed E-state index contributed by atoms with van der Waals surface area (Å²) in [4.78, 5) is 17.1. The van der Waals surface area contributed by atoms with Crippen LogP contribution in [0.5, 0.6) is 0 Å². The molecule has 19 heavy (non-hydrogen) atoms. The quantitative estimate of drug-likeness (QED) is 0.698. The van der Waals surface area contributed by atoms with Crippen molar-refractivity contribution in [2.24, 2.45) is 5.73 Å². The van der Waals surface area contributed by atoms with Gasteiger partial charge in [0.2, 0.25) is 0 Å². The number of aliphatic carboxylic acids is 1. The first-order chi connectivity index (χ1) is 9.06. The van der Waals surface area contributed by atoms with Gasteiger partial charge in [0.15, 0.2) is 5.13 Å². The molecule has 1 saturated heterocycles. The Bertz CT molecular complexity index is 439. The average molecular weight is 286 g/mol. The highest BCUT2D eigenvalue weighted by Crippen LogP contribution is 2.20. The van der Waals surface area contributed by atoms with Gasteiger partial charge in [-0.2, -0.15) is 0 Å². The summed E-state index contributed by atoms with van der Waals surface area (Å²) in [6.45, 7) is 3.21. The molecule has 8 heteroatoms. The first kappa shape index (κ1) is 14.2. The number of nitrogens with zero attached hydrogens (tertiary/aromatic N) is 2. The highest BCUT2D eigenvalue weighted by Gasteiger charge is 2.20. The minimum Gasteiger partial charge on any atom is -0.480 e. The van der Waals surface area contributed by atoms with E-state index in [4.69, 9.17) is 15.6 Å². The second kappa shape index (κ2) is 6.29. The number of morpholine rings is 1. The van der Waals surface area contributed by atoms with Gasteiger partial charge in [0.25, 0.3) is 0 Å². The summed E-state index contributed by atoms with van der Waals surface area (Å²) in [5, 5.41) is 14.3. The maximum Gasteiger partial charge on any atom is 0.326 e. The van der Waals surface area contributed by atoms with Crippen LogP contribution in [-0.4, -0.2) is 60.4 Å². The molecule has 2 heterocycles. The fourth-order valence-corrected chi connectivity index (χ4v) is 2.58. The molecule has 0 radical (unpaired) electrons. The summed E-state index contributed by atoms with van der Waals surface area (Å²) < 4.78 is 5.62. The molecule has 0 amide bonds. The van der Waals surface area contributed by atoms with Crippen LogP contribution in [0, 0.1) is 0 Å². The predicted molar refractivity (Wildman–Crippen MR) is 72.4 cm³/mol. The number of hydrogen-bond donors (Lipinski definition) is 3. The van der Waals surface area contributed by atoms with Gasteiger partial charge < -0.3 is 25.8 Å². The van der Waals surface area contributed by atoms with Gasteiger partial charge in [-0.05, 0) is 7.05 Å². The summed E-state index contributed by atoms with van der Waals surface area (Å²) in [6.07, 6.45) is 0.124. The lowest BCUT2D eigenvalue weighted by Crippen LogP contribution is -2.43. The van der Waals surface area contributed by atoms with Crippen LogP contribution in [0.4, 0.5) is 5.13 Å². The fourth-order valence-electron chi connectivity index (χ4n) is 1.83. The van der Waals surface area contributed by atoms with Crippen molar-refractivity contribution in [3.63, 3.8) is 0 Å². The van der Waals surface area contributed by atoms with E-state index in [1.807, 2.05) is 0 Å². The van der Waals surface area contributed by atoms with Crippen LogP contribution in [0.1, 0.15) is 11.7 Å². The molecule has 0 aromatic carbocycles. The van der Waals surface area contributed by atoms with Gasteiger partial charge in [0.05, 0.1) is 18.4 Å². The molecule has 0 spiro atoms. The lowest BCUT2D eigenvalue weighted by Gasteiger charge is -2.30. The second-order valence-electron chi connectivity index (χ2n) is 4.53. The van der Waals surface area contributed by atoms with Gasteiger partial charge in [-0.25, -0.2) is 4.98 Å². The number of carboxylic acid groups (broad SMARTS) is 1. The van der Waals surface area contributed by atoms with E-state index >= 15 is 0 Å². The third-order valence-electron chi connectivity index (χ3n) is 2.93. The van der Waals surface area contributed by atoms with Gasteiger partial charge in [-0.1, -0.05) is 0 Å². The molecule has 0 saturated carbocycles. The zero-order valence-electron chi connectivity index (χ0n) is 10.7. The van der Waals surface area contributed by atoms with E-state index in [1.165, 1.54) is 11.3 Å². The number of hydrogen-bond acceptors (Lipinski definition) is 7. The smallest absolute Gasteiger partial charge is 0.326 e. The average Bonchev–Trinajstić information content (AvgIpc) is 2.84. The van der Waals surface area contributed by atoms with E-state index < -0.39 is 12.0 Å². The number of thiazole rings is 1. The third-order valence-corrected chi connectivity index (χ3v) is 3.75. The van der Waals surface area contributed by atoms with Gasteiger partial charge in [0, 0.05) is 25.0 Å². The summed E-state index contributed by atoms with van der Waals surface area (Å²) in [5.74, 6) is -1.07. The Morgan fingerprint density at radius 1 is 1.84 bits per heavy atom. The van der Waals surface area contributed by atoms with E-state index in [-0.39, 0.29) is 6.10 Å². The minimum absolute atomic E-state index is 0.124. The molecular formula is C11H18N4O3S. The molecule has 0 aliphatic carbocycles. The summed E-state index contributed by atoms with van der Waals surface area (Å²) in [7, 11) is 2.06. The van der Waals surface area contributed by atoms with Crippen LogP contribution >= 0.6 is 11.3 Å². The molecule has 2 rings (SSSR count). The number of ether oxygens (including phenoxy) is 1. The number of likely N-dealkylation sites (N-methyl/N-ethyl adjacent to an activating group) is 1. The summed E-state index contributed by atoms with van der Waals surface area (Å²) in [5.41, 5.74) is 5.87. The van der Waals surface area contributed by atoms with Gasteiger partial charge in [-0.15, -0.1) is 11.3 Å². The zero-order chi connectivity index (χ0) is 13.8. The van der Waals surface area contributed by atoms with Crippen LogP contribution in [0.25, 0.3) is 0 Å². The predicted octanol–water partition coefficient (Wildman–Crippen LogP) is -0.0300. The van der Waals surface area contributed by atoms with Crippen molar-refractivity contribution in [3.8, 4) is 0 Å². The molecule has 1 aromatic heterocycles. The minimum atomic E-state index is -1.07. The number of nitrogens with one attached hydrogen (secondary N) is 1. The largest absolute Gasteiger partial charge is 0.480 e. The number of carboxylic acids is 1. The maximum absolute atomic E-state index is 10.7. The lowest BCUT2D eigenvalue weighted by atomic mass is 10.2. The van der Waals surface area contributed by atoms with E-state index in [2.05, 4.69) is 22.2 Å². The molecule has 7 nitrogen and oxygen atoms in total. The topological polar surface area (TPSA) is 101 Å². The number of anilines is 1. The fraction of sp³-hybridized carbons (Fsp3) is 0.636. The molecule has 1 fully saturated rings. The highest BCUT2D eigenvalue weighted by molar-refractivity contribution is 7.13. The molecule has 4 N–H and O–H groups in total. The summed E-state index contributed by atoms with van der Waals surface area (Å²) in [6, 6.07) is -1.07. The second-order valence-corrected chi connectivity index (χ2v) is 5.39. The first-order valence-corrected chi connectivity index (χ1v) is 6.92. The monoisotopic (exact) mass is 286 g/mol. The normalized spacial score (nSPS) is 22.1. The third kappa shape index (κ3) is 3.87. The molecule has 106 valence electrons. The van der Waals surface area contributed by atoms with Crippen molar-refractivity contribution in [2.75, 3.05) is 38.6 Å². The number of carbonyl (C=O) groups is 1. The molecule has 0 bridgehead atoms. The Kier molecular flexibility index (Phi) is 4.70. The van der Waals surface area contributed by atoms with Crippen LogP contribution < -0.4 is 11.1 Å². The Labute approximate surface area is 115 Å². The zero-order valence-corrected chi connectivity index (χ0v) is 11.5. The van der Waals surface area contributed by atoms with E-state index in [1.54, 1.807) is 5.38 Å². The van der Waals surface area contributed by atoms with E-state index in [0.29, 0.717) is 17.4 Å². The lowest BCUT2D eigenvalue weighted by molar-refractivity contribution is -0.138. The molecule has 2 unspecified atom stereocenters. The molecular weight excluding hydrogens is 268 g/mol. The molecule has 2 atom stereocenters. The SMILES string of the molecule is CN1CCOC(CNc2nc(C(N)C(=O)O)cs2)C1. The van der Waals surface area contributed by atoms with E-state index in [0.717, 1.165) is 19.7 Å². The van der Waals surface area contributed by atoms with Gasteiger partial charge >= 0.3 is 5.97 Å². The maximum atomic E-state index is 10.7. The Morgan fingerprint density at radius 3 is 3.32 bits per heavy atom. The van der Waals surface area contributed by atoms with Crippen molar-refractivity contribution in [1.29, 1.82) is 0 Å². The Hall–Kier alpha value is -1.22. The number of rotatable bonds is 5. The molecule has 1 aliphatic heterocycles. The number of aromatic nitrogens is 1. The van der Waals surface area contributed by atoms with Crippen LogP contribution in [0.15, 0.2) is 5.38 Å².